The molecule has 0 radical (unpaired) electrons. The van der Waals surface area contributed by atoms with E-state index in [0.29, 0.717) is 29.4 Å². The molecule has 0 aliphatic carbocycles. The molecule has 5 rings (SSSR count). The van der Waals surface area contributed by atoms with Gasteiger partial charge in [-0.05, 0) is 66.3 Å². The minimum atomic E-state index is -0.757. The minimum absolute atomic E-state index is 0.0530. The van der Waals surface area contributed by atoms with Crippen molar-refractivity contribution in [3.05, 3.63) is 101 Å². The van der Waals surface area contributed by atoms with Crippen LogP contribution in [0.2, 0.25) is 0 Å². The van der Waals surface area contributed by atoms with E-state index in [1.54, 1.807) is 6.07 Å². The van der Waals surface area contributed by atoms with E-state index >= 15 is 0 Å². The summed E-state index contributed by atoms with van der Waals surface area (Å²) in [7, 11) is 0. The zero-order chi connectivity index (χ0) is 26.8. The molecule has 0 unspecified atom stereocenters. The topological polar surface area (TPSA) is 76.1 Å². The lowest BCUT2D eigenvalue weighted by atomic mass is 9.94. The fraction of sp³-hybridized carbons (Fsp3) is 0.312. The standard InChI is InChI=1S/C32H33NO5/c1-20(2)14-15-37-26-11-7-10-23(18-26)29-28(30(34)24-12-13-27-25(17-24)16-21(3)38-27)31(35)32(36)33(29)19-22-8-5-4-6-9-22/h4-13,17-18,20-21,29,34H,14-16,19H2,1-3H3/t21-,29-/m1/s1. The number of carbonyl (C=O) groups excluding carboxylic acids is 2. The fourth-order valence-corrected chi connectivity index (χ4v) is 5.08. The van der Waals surface area contributed by atoms with Crippen LogP contribution in [-0.4, -0.2) is 34.4 Å². The highest BCUT2D eigenvalue weighted by Gasteiger charge is 2.46. The highest BCUT2D eigenvalue weighted by molar-refractivity contribution is 6.46. The van der Waals surface area contributed by atoms with Crippen LogP contribution in [0.5, 0.6) is 11.5 Å². The summed E-state index contributed by atoms with van der Waals surface area (Å²) in [6.45, 7) is 7.08. The predicted molar refractivity (Wildman–Crippen MR) is 146 cm³/mol. The molecule has 2 aliphatic heterocycles. The second-order valence-electron chi connectivity index (χ2n) is 10.5. The average Bonchev–Trinajstić information content (AvgIpc) is 3.40. The van der Waals surface area contributed by atoms with Gasteiger partial charge in [-0.1, -0.05) is 56.3 Å². The number of carbonyl (C=O) groups is 2. The number of ether oxygens (including phenoxy) is 2. The fourth-order valence-electron chi connectivity index (χ4n) is 5.08. The number of benzene rings is 3. The van der Waals surface area contributed by atoms with E-state index in [1.165, 1.54) is 4.90 Å². The molecule has 0 aromatic heterocycles. The lowest BCUT2D eigenvalue weighted by Crippen LogP contribution is -2.29. The van der Waals surface area contributed by atoms with Gasteiger partial charge in [0, 0.05) is 18.5 Å². The number of hydrogen-bond donors (Lipinski definition) is 1. The molecule has 6 nitrogen and oxygen atoms in total. The van der Waals surface area contributed by atoms with Crippen LogP contribution in [0.3, 0.4) is 0 Å². The molecule has 1 saturated heterocycles. The molecular formula is C32H33NO5. The van der Waals surface area contributed by atoms with Crippen LogP contribution in [-0.2, 0) is 22.6 Å². The highest BCUT2D eigenvalue weighted by Crippen LogP contribution is 2.42. The summed E-state index contributed by atoms with van der Waals surface area (Å²) in [6.07, 6.45) is 1.69. The molecule has 1 amide bonds. The maximum Gasteiger partial charge on any atom is 0.295 e. The van der Waals surface area contributed by atoms with Gasteiger partial charge in [-0.3, -0.25) is 9.59 Å². The van der Waals surface area contributed by atoms with Crippen LogP contribution in [0, 0.1) is 5.92 Å². The Morgan fingerprint density at radius 3 is 2.61 bits per heavy atom. The molecule has 0 spiro atoms. The molecule has 3 aromatic carbocycles. The van der Waals surface area contributed by atoms with E-state index in [0.717, 1.165) is 29.7 Å². The third kappa shape index (κ3) is 5.17. The minimum Gasteiger partial charge on any atom is -0.507 e. The SMILES string of the molecule is CC(C)CCOc1cccc([C@@H]2C(=C(O)c3ccc4c(c3)C[C@@H](C)O4)C(=O)C(=O)N2Cc2ccccc2)c1. The number of amides is 1. The van der Waals surface area contributed by atoms with Gasteiger partial charge in [0.25, 0.3) is 11.7 Å². The van der Waals surface area contributed by atoms with Gasteiger partial charge < -0.3 is 19.5 Å². The molecule has 38 heavy (non-hydrogen) atoms. The van der Waals surface area contributed by atoms with Crippen molar-refractivity contribution >= 4 is 17.4 Å². The summed E-state index contributed by atoms with van der Waals surface area (Å²) < 4.78 is 11.8. The molecule has 1 fully saturated rings. The van der Waals surface area contributed by atoms with Crippen molar-refractivity contribution in [2.75, 3.05) is 6.61 Å². The van der Waals surface area contributed by atoms with Gasteiger partial charge in [0.1, 0.15) is 23.4 Å². The Balaban J connectivity index is 1.57. The highest BCUT2D eigenvalue weighted by atomic mass is 16.5. The number of ketones is 1. The number of nitrogens with zero attached hydrogens (tertiary/aromatic N) is 1. The Labute approximate surface area is 223 Å². The van der Waals surface area contributed by atoms with Crippen molar-refractivity contribution in [3.8, 4) is 11.5 Å². The molecule has 1 N–H and O–H groups in total. The van der Waals surface area contributed by atoms with Crippen LogP contribution in [0.1, 0.15) is 55.5 Å². The van der Waals surface area contributed by atoms with E-state index in [9.17, 15) is 14.7 Å². The third-order valence-corrected chi connectivity index (χ3v) is 7.04. The Kier molecular flexibility index (Phi) is 7.23. The van der Waals surface area contributed by atoms with E-state index in [4.69, 9.17) is 9.47 Å². The number of hydrogen-bond acceptors (Lipinski definition) is 5. The summed E-state index contributed by atoms with van der Waals surface area (Å²) in [5.74, 6) is 0.442. The van der Waals surface area contributed by atoms with E-state index in [-0.39, 0.29) is 24.0 Å². The molecule has 2 atom stereocenters. The maximum absolute atomic E-state index is 13.5. The van der Waals surface area contributed by atoms with E-state index in [1.807, 2.05) is 73.7 Å². The average molecular weight is 512 g/mol. The zero-order valence-electron chi connectivity index (χ0n) is 22.0. The summed E-state index contributed by atoms with van der Waals surface area (Å²) in [4.78, 5) is 28.4. The van der Waals surface area contributed by atoms with Crippen LogP contribution < -0.4 is 9.47 Å². The molecule has 0 bridgehead atoms. The summed E-state index contributed by atoms with van der Waals surface area (Å²) in [5.41, 5.74) is 3.15. The Bertz CT molecular complexity index is 1380. The molecule has 6 heteroatoms. The smallest absolute Gasteiger partial charge is 0.295 e. The van der Waals surface area contributed by atoms with Gasteiger partial charge in [0.15, 0.2) is 0 Å². The van der Waals surface area contributed by atoms with Crippen molar-refractivity contribution < 1.29 is 24.2 Å². The number of aliphatic hydroxyl groups excluding tert-OH is 1. The largest absolute Gasteiger partial charge is 0.507 e. The monoisotopic (exact) mass is 511 g/mol. The van der Waals surface area contributed by atoms with Crippen molar-refractivity contribution in [3.63, 3.8) is 0 Å². The second kappa shape index (κ2) is 10.7. The quantitative estimate of drug-likeness (QED) is 0.226. The first kappa shape index (κ1) is 25.6. The van der Waals surface area contributed by atoms with Crippen molar-refractivity contribution in [1.29, 1.82) is 0 Å². The second-order valence-corrected chi connectivity index (χ2v) is 10.5. The van der Waals surface area contributed by atoms with Gasteiger partial charge in [-0.15, -0.1) is 0 Å². The molecule has 2 aliphatic rings. The van der Waals surface area contributed by atoms with Crippen LogP contribution >= 0.6 is 0 Å². The maximum atomic E-state index is 13.5. The number of Topliss-reactive ketones (excluding diaryl/α,β-unsaturated/α-hetero) is 1. The first-order valence-electron chi connectivity index (χ1n) is 13.2. The molecule has 196 valence electrons. The van der Waals surface area contributed by atoms with Crippen molar-refractivity contribution in [2.24, 2.45) is 5.92 Å². The van der Waals surface area contributed by atoms with Crippen molar-refractivity contribution in [1.82, 2.24) is 4.90 Å². The zero-order valence-corrected chi connectivity index (χ0v) is 22.0. The summed E-state index contributed by atoms with van der Waals surface area (Å²) in [5, 5.41) is 11.5. The molecule has 3 aromatic rings. The van der Waals surface area contributed by atoms with Crippen LogP contribution in [0.4, 0.5) is 0 Å². The predicted octanol–water partition coefficient (Wildman–Crippen LogP) is 6.06. The number of likely N-dealkylation sites (tertiary alicyclic amines) is 1. The van der Waals surface area contributed by atoms with Gasteiger partial charge in [-0.25, -0.2) is 0 Å². The van der Waals surface area contributed by atoms with Gasteiger partial charge in [-0.2, -0.15) is 0 Å². The first-order chi connectivity index (χ1) is 18.3. The van der Waals surface area contributed by atoms with Crippen LogP contribution in [0.15, 0.2) is 78.4 Å². The van der Waals surface area contributed by atoms with E-state index in [2.05, 4.69) is 13.8 Å². The third-order valence-electron chi connectivity index (χ3n) is 7.04. The lowest BCUT2D eigenvalue weighted by Gasteiger charge is -2.26. The normalized spacial score (nSPS) is 20.1. The molecular weight excluding hydrogens is 478 g/mol. The van der Waals surface area contributed by atoms with Crippen molar-refractivity contribution in [2.45, 2.75) is 52.3 Å². The number of fused-ring (bicyclic) bond motifs is 1. The molecule has 0 saturated carbocycles. The molecule has 2 heterocycles. The number of aliphatic hydroxyl groups is 1. The summed E-state index contributed by atoms with van der Waals surface area (Å²) >= 11 is 0. The van der Waals surface area contributed by atoms with Gasteiger partial charge in [0.05, 0.1) is 18.2 Å². The van der Waals surface area contributed by atoms with Gasteiger partial charge in [0.2, 0.25) is 0 Å². The van der Waals surface area contributed by atoms with E-state index < -0.39 is 17.7 Å². The first-order valence-corrected chi connectivity index (χ1v) is 13.2. The van der Waals surface area contributed by atoms with Gasteiger partial charge >= 0.3 is 0 Å². The Morgan fingerprint density at radius 1 is 1.05 bits per heavy atom. The number of rotatable bonds is 8. The Hall–Kier alpha value is -4.06. The lowest BCUT2D eigenvalue weighted by molar-refractivity contribution is -0.140. The van der Waals surface area contributed by atoms with Crippen LogP contribution in [0.25, 0.3) is 5.76 Å². The summed E-state index contributed by atoms with van der Waals surface area (Å²) in [6, 6.07) is 21.6. The Morgan fingerprint density at radius 2 is 1.84 bits per heavy atom.